The smallest absolute Gasteiger partial charge is 0.244 e. The van der Waals surface area contributed by atoms with Crippen molar-refractivity contribution in [1.29, 1.82) is 0 Å². The molecule has 0 spiro atoms. The molecule has 0 unspecified atom stereocenters. The summed E-state index contributed by atoms with van der Waals surface area (Å²) in [5.74, 6) is 2.54. The van der Waals surface area contributed by atoms with E-state index in [2.05, 4.69) is 17.3 Å². The Balaban J connectivity index is 1.58. The van der Waals surface area contributed by atoms with E-state index in [4.69, 9.17) is 0 Å². The lowest BCUT2D eigenvalue weighted by molar-refractivity contribution is -0.125. The molecule has 1 heterocycles. The first-order valence-electron chi connectivity index (χ1n) is 7.86. The van der Waals surface area contributed by atoms with Crippen molar-refractivity contribution in [3.05, 3.63) is 18.0 Å². The highest BCUT2D eigenvalue weighted by atomic mass is 16.2. The van der Waals surface area contributed by atoms with Gasteiger partial charge < -0.3 is 5.32 Å². The molecule has 1 amide bonds. The van der Waals surface area contributed by atoms with Crippen LogP contribution in [0.4, 0.5) is 0 Å². The Labute approximate surface area is 120 Å². The van der Waals surface area contributed by atoms with Gasteiger partial charge in [0.1, 0.15) is 6.04 Å². The number of aryl methyl sites for hydroxylation is 1. The van der Waals surface area contributed by atoms with E-state index < -0.39 is 0 Å². The Hall–Kier alpha value is -1.32. The van der Waals surface area contributed by atoms with Crippen LogP contribution < -0.4 is 5.32 Å². The molecule has 2 aliphatic rings. The predicted octanol–water partition coefficient (Wildman–Crippen LogP) is 2.69. The van der Waals surface area contributed by atoms with Crippen molar-refractivity contribution in [3.63, 3.8) is 0 Å². The van der Waals surface area contributed by atoms with Crippen LogP contribution >= 0.6 is 0 Å². The Morgan fingerprint density at radius 1 is 1.40 bits per heavy atom. The normalized spacial score (nSPS) is 31.2. The van der Waals surface area contributed by atoms with E-state index in [9.17, 15) is 4.79 Å². The van der Waals surface area contributed by atoms with Crippen LogP contribution in [0.5, 0.6) is 0 Å². The minimum Gasteiger partial charge on any atom is -0.352 e. The van der Waals surface area contributed by atoms with Gasteiger partial charge >= 0.3 is 0 Å². The Kier molecular flexibility index (Phi) is 3.57. The van der Waals surface area contributed by atoms with Crippen LogP contribution in [0.2, 0.25) is 0 Å². The molecule has 0 aliphatic heterocycles. The summed E-state index contributed by atoms with van der Waals surface area (Å²) in [5, 5.41) is 7.54. The van der Waals surface area contributed by atoms with Crippen LogP contribution in [0.15, 0.2) is 12.3 Å². The van der Waals surface area contributed by atoms with Crippen LogP contribution in [-0.4, -0.2) is 21.7 Å². The summed E-state index contributed by atoms with van der Waals surface area (Å²) in [6.07, 6.45) is 7.34. The third-order valence-corrected chi connectivity index (χ3v) is 5.32. The number of carbonyl (C=O) groups is 1. The van der Waals surface area contributed by atoms with Gasteiger partial charge in [0, 0.05) is 12.2 Å². The summed E-state index contributed by atoms with van der Waals surface area (Å²) in [7, 11) is 0. The number of aromatic nitrogens is 2. The minimum absolute atomic E-state index is 0.0865. The van der Waals surface area contributed by atoms with Gasteiger partial charge in [-0.2, -0.15) is 5.10 Å². The summed E-state index contributed by atoms with van der Waals surface area (Å²) in [4.78, 5) is 12.4. The van der Waals surface area contributed by atoms with Gasteiger partial charge in [-0.25, -0.2) is 0 Å². The van der Waals surface area contributed by atoms with Crippen LogP contribution in [0, 0.1) is 24.7 Å². The molecular formula is C16H25N3O. The molecule has 0 saturated heterocycles. The third kappa shape index (κ3) is 2.48. The number of hydrogen-bond donors (Lipinski definition) is 1. The maximum Gasteiger partial charge on any atom is 0.244 e. The van der Waals surface area contributed by atoms with E-state index in [0.717, 1.165) is 17.5 Å². The standard InChI is InChI=1S/C16H25N3O/c1-10-6-7-19(18-10)12(3)16(20)17-11(2)15-9-13-4-5-14(15)8-13/h6-7,11-15H,4-5,8-9H2,1-3H3,(H,17,20)/t11-,12-,13+,14+,15-/m0/s1. The van der Waals surface area contributed by atoms with Crippen molar-refractivity contribution in [2.24, 2.45) is 17.8 Å². The lowest BCUT2D eigenvalue weighted by atomic mass is 9.84. The summed E-state index contributed by atoms with van der Waals surface area (Å²) in [6, 6.07) is 1.99. The quantitative estimate of drug-likeness (QED) is 0.918. The van der Waals surface area contributed by atoms with Crippen molar-refractivity contribution in [2.45, 2.75) is 58.5 Å². The van der Waals surface area contributed by atoms with Gasteiger partial charge in [0.05, 0.1) is 5.69 Å². The molecule has 1 N–H and O–H groups in total. The first-order chi connectivity index (χ1) is 9.54. The van der Waals surface area contributed by atoms with Crippen molar-refractivity contribution < 1.29 is 4.79 Å². The van der Waals surface area contributed by atoms with Crippen molar-refractivity contribution in [3.8, 4) is 0 Å². The molecule has 4 heteroatoms. The molecule has 2 saturated carbocycles. The van der Waals surface area contributed by atoms with Crippen molar-refractivity contribution in [2.75, 3.05) is 0 Å². The molecular weight excluding hydrogens is 250 g/mol. The predicted molar refractivity (Wildman–Crippen MR) is 78.2 cm³/mol. The van der Waals surface area contributed by atoms with Gasteiger partial charge in [-0.1, -0.05) is 6.42 Å². The van der Waals surface area contributed by atoms with E-state index in [-0.39, 0.29) is 18.0 Å². The Morgan fingerprint density at radius 3 is 2.75 bits per heavy atom. The molecule has 3 rings (SSSR count). The SMILES string of the molecule is Cc1ccn([C@@H](C)C(=O)N[C@@H](C)[C@@H]2C[C@@H]3CC[C@@H]2C3)n1. The van der Waals surface area contributed by atoms with E-state index in [0.29, 0.717) is 5.92 Å². The molecule has 5 atom stereocenters. The molecule has 110 valence electrons. The molecule has 2 fully saturated rings. The van der Waals surface area contributed by atoms with Gasteiger partial charge in [-0.15, -0.1) is 0 Å². The first-order valence-corrected chi connectivity index (χ1v) is 7.86. The third-order valence-electron chi connectivity index (χ3n) is 5.32. The van der Waals surface area contributed by atoms with Gasteiger partial charge in [0.2, 0.25) is 5.91 Å². The Morgan fingerprint density at radius 2 is 2.20 bits per heavy atom. The monoisotopic (exact) mass is 275 g/mol. The molecule has 0 aromatic carbocycles. The van der Waals surface area contributed by atoms with Crippen LogP contribution in [0.3, 0.4) is 0 Å². The zero-order chi connectivity index (χ0) is 14.3. The summed E-state index contributed by atoms with van der Waals surface area (Å²) >= 11 is 0. The highest BCUT2D eigenvalue weighted by Gasteiger charge is 2.42. The van der Waals surface area contributed by atoms with Crippen LogP contribution in [0.25, 0.3) is 0 Å². The number of nitrogens with zero attached hydrogens (tertiary/aromatic N) is 2. The number of amides is 1. The lowest BCUT2D eigenvalue weighted by Crippen LogP contribution is -2.43. The zero-order valence-corrected chi connectivity index (χ0v) is 12.7. The summed E-state index contributed by atoms with van der Waals surface area (Å²) < 4.78 is 1.75. The fourth-order valence-electron chi connectivity index (χ4n) is 4.13. The van der Waals surface area contributed by atoms with Crippen molar-refractivity contribution >= 4 is 5.91 Å². The van der Waals surface area contributed by atoms with E-state index >= 15 is 0 Å². The van der Waals surface area contributed by atoms with Crippen molar-refractivity contribution in [1.82, 2.24) is 15.1 Å². The Bertz CT molecular complexity index is 496. The average molecular weight is 275 g/mol. The van der Waals surface area contributed by atoms with Gasteiger partial charge in [-0.3, -0.25) is 9.48 Å². The van der Waals surface area contributed by atoms with Gasteiger partial charge in [0.25, 0.3) is 0 Å². The number of fused-ring (bicyclic) bond motifs is 2. The fourth-order valence-corrected chi connectivity index (χ4v) is 4.13. The number of carbonyl (C=O) groups excluding carboxylic acids is 1. The molecule has 2 bridgehead atoms. The second kappa shape index (κ2) is 5.23. The van der Waals surface area contributed by atoms with E-state index in [1.54, 1.807) is 4.68 Å². The maximum atomic E-state index is 12.4. The van der Waals surface area contributed by atoms with Crippen LogP contribution in [0.1, 0.15) is 51.3 Å². The first kappa shape index (κ1) is 13.7. The molecule has 2 aliphatic carbocycles. The molecule has 0 radical (unpaired) electrons. The zero-order valence-electron chi connectivity index (χ0n) is 12.7. The molecule has 1 aromatic rings. The van der Waals surface area contributed by atoms with Crippen LogP contribution in [-0.2, 0) is 4.79 Å². The topological polar surface area (TPSA) is 46.9 Å². The summed E-state index contributed by atoms with van der Waals surface area (Å²) in [6.45, 7) is 6.03. The number of rotatable bonds is 4. The van der Waals surface area contributed by atoms with Gasteiger partial charge in [0.15, 0.2) is 0 Å². The number of hydrogen-bond acceptors (Lipinski definition) is 2. The van der Waals surface area contributed by atoms with E-state index in [1.165, 1.54) is 25.7 Å². The maximum absolute atomic E-state index is 12.4. The molecule has 4 nitrogen and oxygen atoms in total. The van der Waals surface area contributed by atoms with Gasteiger partial charge in [-0.05, 0) is 63.9 Å². The number of nitrogens with one attached hydrogen (secondary N) is 1. The second-order valence-corrected chi connectivity index (χ2v) is 6.75. The highest BCUT2D eigenvalue weighted by Crippen LogP contribution is 2.49. The minimum atomic E-state index is -0.232. The highest BCUT2D eigenvalue weighted by molar-refractivity contribution is 5.80. The molecule has 1 aromatic heterocycles. The van der Waals surface area contributed by atoms with E-state index in [1.807, 2.05) is 26.1 Å². The average Bonchev–Trinajstić information content (AvgIpc) is 3.13. The largest absolute Gasteiger partial charge is 0.352 e. The summed E-state index contributed by atoms with van der Waals surface area (Å²) in [5.41, 5.74) is 0.950. The molecule has 20 heavy (non-hydrogen) atoms. The lowest BCUT2D eigenvalue weighted by Gasteiger charge is -2.29. The fraction of sp³-hybridized carbons (Fsp3) is 0.750. The second-order valence-electron chi connectivity index (χ2n) is 6.75.